The molecule has 0 fully saturated rings. The van der Waals surface area contributed by atoms with Crippen LogP contribution >= 0.6 is 15.9 Å². The molecule has 0 aliphatic rings. The second-order valence-corrected chi connectivity index (χ2v) is 4.79. The zero-order valence-corrected chi connectivity index (χ0v) is 12.5. The smallest absolute Gasteiger partial charge is 0.198 e. The summed E-state index contributed by atoms with van der Waals surface area (Å²) in [7, 11) is 1.64. The van der Waals surface area contributed by atoms with E-state index >= 15 is 0 Å². The third-order valence-electron chi connectivity index (χ3n) is 2.48. The van der Waals surface area contributed by atoms with Gasteiger partial charge in [-0.3, -0.25) is 0 Å². The molecule has 0 aliphatic carbocycles. The van der Waals surface area contributed by atoms with Gasteiger partial charge in [-0.1, -0.05) is 6.92 Å². The molecule has 0 saturated heterocycles. The summed E-state index contributed by atoms with van der Waals surface area (Å²) in [6.45, 7) is 3.36. The molecular formula is C13H16BrN3O2. The quantitative estimate of drug-likeness (QED) is 0.881. The maximum absolute atomic E-state index is 5.34. The molecule has 0 saturated carbocycles. The number of nitrogens with one attached hydrogen (secondary N) is 1. The van der Waals surface area contributed by atoms with Gasteiger partial charge in [0.1, 0.15) is 5.82 Å². The van der Waals surface area contributed by atoms with Gasteiger partial charge < -0.3 is 14.5 Å². The van der Waals surface area contributed by atoms with Crippen LogP contribution in [0.3, 0.4) is 0 Å². The van der Waals surface area contributed by atoms with Crippen LogP contribution in [0, 0.1) is 0 Å². The molecule has 0 amide bonds. The molecule has 2 rings (SSSR count). The second kappa shape index (κ2) is 6.68. The lowest BCUT2D eigenvalue weighted by Gasteiger charge is -2.11. The summed E-state index contributed by atoms with van der Waals surface area (Å²) in [5.74, 6) is 1.96. The number of rotatable bonds is 6. The summed E-state index contributed by atoms with van der Waals surface area (Å²) < 4.78 is 11.3. The number of methoxy groups -OCH3 is 1. The maximum Gasteiger partial charge on any atom is 0.198 e. The Kier molecular flexibility index (Phi) is 4.93. The van der Waals surface area contributed by atoms with E-state index in [-0.39, 0.29) is 0 Å². The zero-order valence-electron chi connectivity index (χ0n) is 10.9. The van der Waals surface area contributed by atoms with E-state index in [9.17, 15) is 0 Å². The standard InChI is InChI=1S/C13H16BrN3O2/c1-3-6-15-13-11(14)9(8-18-2)16-12(17-13)10-5-4-7-19-10/h4-5,7H,3,6,8H2,1-2H3,(H,15,16,17). The van der Waals surface area contributed by atoms with Crippen molar-refractivity contribution in [1.29, 1.82) is 0 Å². The number of anilines is 1. The third kappa shape index (κ3) is 3.33. The largest absolute Gasteiger partial charge is 0.461 e. The van der Waals surface area contributed by atoms with Gasteiger partial charge in [0.25, 0.3) is 0 Å². The van der Waals surface area contributed by atoms with Crippen molar-refractivity contribution in [3.63, 3.8) is 0 Å². The van der Waals surface area contributed by atoms with E-state index < -0.39 is 0 Å². The van der Waals surface area contributed by atoms with Crippen LogP contribution in [0.1, 0.15) is 19.0 Å². The monoisotopic (exact) mass is 325 g/mol. The number of hydrogen-bond donors (Lipinski definition) is 1. The fourth-order valence-electron chi connectivity index (χ4n) is 1.60. The second-order valence-electron chi connectivity index (χ2n) is 3.99. The summed E-state index contributed by atoms with van der Waals surface area (Å²) in [6, 6.07) is 3.65. The number of nitrogens with zero attached hydrogens (tertiary/aromatic N) is 2. The zero-order chi connectivity index (χ0) is 13.7. The van der Waals surface area contributed by atoms with E-state index in [0.29, 0.717) is 18.2 Å². The van der Waals surface area contributed by atoms with Crippen LogP contribution in [0.5, 0.6) is 0 Å². The van der Waals surface area contributed by atoms with Crippen molar-refractivity contribution in [2.75, 3.05) is 19.0 Å². The first-order valence-corrected chi connectivity index (χ1v) is 6.88. The molecule has 0 bridgehead atoms. The highest BCUT2D eigenvalue weighted by atomic mass is 79.9. The molecule has 2 aromatic heterocycles. The number of aromatic nitrogens is 2. The minimum atomic E-state index is 0.414. The molecule has 2 aromatic rings. The van der Waals surface area contributed by atoms with Gasteiger partial charge in [-0.05, 0) is 34.5 Å². The van der Waals surface area contributed by atoms with E-state index in [4.69, 9.17) is 9.15 Å². The van der Waals surface area contributed by atoms with E-state index in [1.54, 1.807) is 13.4 Å². The molecule has 0 atom stereocenters. The van der Waals surface area contributed by atoms with E-state index in [0.717, 1.165) is 29.0 Å². The molecule has 0 aliphatic heterocycles. The number of halogens is 1. The fourth-order valence-corrected chi connectivity index (χ4v) is 2.03. The van der Waals surface area contributed by atoms with Crippen LogP contribution < -0.4 is 5.32 Å². The Bertz CT molecular complexity index is 529. The highest BCUT2D eigenvalue weighted by Gasteiger charge is 2.14. The van der Waals surface area contributed by atoms with Crippen molar-refractivity contribution in [2.24, 2.45) is 0 Å². The first kappa shape index (κ1) is 14.0. The molecular weight excluding hydrogens is 310 g/mol. The van der Waals surface area contributed by atoms with E-state index in [2.05, 4.69) is 38.1 Å². The summed E-state index contributed by atoms with van der Waals surface area (Å²) in [5, 5.41) is 3.27. The minimum Gasteiger partial charge on any atom is -0.461 e. The molecule has 0 unspecified atom stereocenters. The van der Waals surface area contributed by atoms with Crippen molar-refractivity contribution < 1.29 is 9.15 Å². The molecule has 102 valence electrons. The van der Waals surface area contributed by atoms with E-state index in [1.165, 1.54) is 0 Å². The summed E-state index contributed by atoms with van der Waals surface area (Å²) in [6.07, 6.45) is 2.63. The first-order chi connectivity index (χ1) is 9.26. The van der Waals surface area contributed by atoms with Crippen LogP contribution in [-0.4, -0.2) is 23.6 Å². The predicted octanol–water partition coefficient (Wildman–Crippen LogP) is 3.47. The molecule has 0 radical (unpaired) electrons. The predicted molar refractivity (Wildman–Crippen MR) is 76.9 cm³/mol. The summed E-state index contributed by atoms with van der Waals surface area (Å²) in [5.41, 5.74) is 0.794. The average Bonchev–Trinajstić information content (AvgIpc) is 2.94. The summed E-state index contributed by atoms with van der Waals surface area (Å²) >= 11 is 3.51. The SMILES string of the molecule is CCCNc1nc(-c2ccco2)nc(COC)c1Br. The Labute approximate surface area is 120 Å². The Hall–Kier alpha value is -1.40. The van der Waals surface area contributed by atoms with Gasteiger partial charge in [0.15, 0.2) is 11.6 Å². The first-order valence-electron chi connectivity index (χ1n) is 6.09. The molecule has 1 N–H and O–H groups in total. The van der Waals surface area contributed by atoms with Gasteiger partial charge in [-0.15, -0.1) is 0 Å². The van der Waals surface area contributed by atoms with E-state index in [1.807, 2.05) is 12.1 Å². The summed E-state index contributed by atoms with van der Waals surface area (Å²) in [4.78, 5) is 8.93. The van der Waals surface area contributed by atoms with Gasteiger partial charge in [0.2, 0.25) is 0 Å². The lowest BCUT2D eigenvalue weighted by molar-refractivity contribution is 0.181. The van der Waals surface area contributed by atoms with Crippen LogP contribution in [-0.2, 0) is 11.3 Å². The van der Waals surface area contributed by atoms with Gasteiger partial charge in [0, 0.05) is 13.7 Å². The Morgan fingerprint density at radius 2 is 2.26 bits per heavy atom. The van der Waals surface area contributed by atoms with Crippen LogP contribution in [0.4, 0.5) is 5.82 Å². The number of furan rings is 1. The Morgan fingerprint density at radius 1 is 1.42 bits per heavy atom. The highest BCUT2D eigenvalue weighted by molar-refractivity contribution is 9.10. The lowest BCUT2D eigenvalue weighted by Crippen LogP contribution is -2.07. The minimum absolute atomic E-state index is 0.414. The van der Waals surface area contributed by atoms with Gasteiger partial charge in [-0.25, -0.2) is 9.97 Å². The van der Waals surface area contributed by atoms with Crippen LogP contribution in [0.25, 0.3) is 11.6 Å². The Morgan fingerprint density at radius 3 is 2.89 bits per heavy atom. The number of hydrogen-bond acceptors (Lipinski definition) is 5. The van der Waals surface area contributed by atoms with Crippen LogP contribution in [0.15, 0.2) is 27.3 Å². The van der Waals surface area contributed by atoms with Crippen molar-refractivity contribution in [3.05, 3.63) is 28.6 Å². The number of ether oxygens (including phenoxy) is 1. The normalized spacial score (nSPS) is 10.7. The Balaban J connectivity index is 2.41. The topological polar surface area (TPSA) is 60.2 Å². The third-order valence-corrected chi connectivity index (χ3v) is 3.32. The molecule has 5 nitrogen and oxygen atoms in total. The average molecular weight is 326 g/mol. The fraction of sp³-hybridized carbons (Fsp3) is 0.385. The van der Waals surface area contributed by atoms with Crippen molar-refractivity contribution in [3.8, 4) is 11.6 Å². The van der Waals surface area contributed by atoms with Crippen molar-refractivity contribution in [1.82, 2.24) is 9.97 Å². The highest BCUT2D eigenvalue weighted by Crippen LogP contribution is 2.27. The molecule has 2 heterocycles. The molecule has 0 aromatic carbocycles. The maximum atomic E-state index is 5.34. The van der Waals surface area contributed by atoms with Gasteiger partial charge >= 0.3 is 0 Å². The molecule has 19 heavy (non-hydrogen) atoms. The van der Waals surface area contributed by atoms with Crippen LogP contribution in [0.2, 0.25) is 0 Å². The molecule has 6 heteroatoms. The van der Waals surface area contributed by atoms with Gasteiger partial charge in [0.05, 0.1) is 23.0 Å². The van der Waals surface area contributed by atoms with Gasteiger partial charge in [-0.2, -0.15) is 0 Å². The van der Waals surface area contributed by atoms with Crippen molar-refractivity contribution >= 4 is 21.7 Å². The van der Waals surface area contributed by atoms with Crippen molar-refractivity contribution in [2.45, 2.75) is 20.0 Å². The molecule has 0 spiro atoms. The lowest BCUT2D eigenvalue weighted by atomic mass is 10.3.